The standard InChI is InChI=1S/C11H11BrO2/c1-14-11(13)4-2-3-9-5-7-10(12)8-6-9/h2-3,5-8H,4H2,1H3/b3-2+. The van der Waals surface area contributed by atoms with Crippen molar-refractivity contribution >= 4 is 28.0 Å². The fourth-order valence-corrected chi connectivity index (χ4v) is 1.21. The molecule has 0 heterocycles. The summed E-state index contributed by atoms with van der Waals surface area (Å²) in [7, 11) is 1.38. The van der Waals surface area contributed by atoms with Crippen molar-refractivity contribution in [1.29, 1.82) is 0 Å². The Morgan fingerprint density at radius 2 is 2.07 bits per heavy atom. The molecule has 0 saturated carbocycles. The van der Waals surface area contributed by atoms with Crippen LogP contribution in [0.1, 0.15) is 12.0 Å². The number of hydrogen-bond acceptors (Lipinski definition) is 2. The Labute approximate surface area is 91.7 Å². The zero-order valence-electron chi connectivity index (χ0n) is 7.87. The first-order chi connectivity index (χ1) is 6.72. The van der Waals surface area contributed by atoms with Gasteiger partial charge in [0.1, 0.15) is 0 Å². The van der Waals surface area contributed by atoms with Crippen molar-refractivity contribution in [2.45, 2.75) is 6.42 Å². The normalized spacial score (nSPS) is 10.4. The lowest BCUT2D eigenvalue weighted by Gasteiger charge is -1.94. The number of hydrogen-bond donors (Lipinski definition) is 0. The molecular formula is C11H11BrO2. The van der Waals surface area contributed by atoms with E-state index in [1.807, 2.05) is 30.3 Å². The first-order valence-corrected chi connectivity index (χ1v) is 5.00. The van der Waals surface area contributed by atoms with E-state index in [-0.39, 0.29) is 5.97 Å². The molecule has 0 radical (unpaired) electrons. The average Bonchev–Trinajstić information content (AvgIpc) is 2.21. The lowest BCUT2D eigenvalue weighted by atomic mass is 10.2. The molecule has 0 aromatic heterocycles. The molecule has 0 fully saturated rings. The SMILES string of the molecule is COC(=O)C/C=C/c1ccc(Br)cc1. The summed E-state index contributed by atoms with van der Waals surface area (Å²) >= 11 is 3.35. The molecule has 1 aromatic carbocycles. The first-order valence-electron chi connectivity index (χ1n) is 4.21. The summed E-state index contributed by atoms with van der Waals surface area (Å²) in [6.45, 7) is 0. The molecule has 1 aromatic rings. The van der Waals surface area contributed by atoms with Gasteiger partial charge < -0.3 is 4.74 Å². The molecule has 2 nitrogen and oxygen atoms in total. The first kappa shape index (κ1) is 11.0. The molecule has 0 bridgehead atoms. The van der Waals surface area contributed by atoms with Crippen LogP contribution in [-0.4, -0.2) is 13.1 Å². The van der Waals surface area contributed by atoms with Crippen molar-refractivity contribution in [2.75, 3.05) is 7.11 Å². The molecule has 0 aliphatic rings. The molecule has 74 valence electrons. The highest BCUT2D eigenvalue weighted by Gasteiger charge is 1.93. The van der Waals surface area contributed by atoms with E-state index in [1.54, 1.807) is 6.08 Å². The molecule has 14 heavy (non-hydrogen) atoms. The summed E-state index contributed by atoms with van der Waals surface area (Å²) in [5, 5.41) is 0. The summed E-state index contributed by atoms with van der Waals surface area (Å²) in [6, 6.07) is 7.85. The molecule has 0 spiro atoms. The fourth-order valence-electron chi connectivity index (χ4n) is 0.948. The summed E-state index contributed by atoms with van der Waals surface area (Å²) in [5.74, 6) is -0.224. The van der Waals surface area contributed by atoms with Crippen LogP contribution in [0.4, 0.5) is 0 Å². The lowest BCUT2D eigenvalue weighted by Crippen LogP contribution is -1.96. The molecule has 0 unspecified atom stereocenters. The zero-order valence-corrected chi connectivity index (χ0v) is 9.45. The Morgan fingerprint density at radius 3 is 2.64 bits per heavy atom. The second-order valence-electron chi connectivity index (χ2n) is 2.73. The Balaban J connectivity index is 2.52. The second-order valence-corrected chi connectivity index (χ2v) is 3.65. The number of esters is 1. The van der Waals surface area contributed by atoms with Gasteiger partial charge in [-0.25, -0.2) is 0 Å². The molecule has 0 amide bonds. The smallest absolute Gasteiger partial charge is 0.309 e. The van der Waals surface area contributed by atoms with Gasteiger partial charge in [-0.1, -0.05) is 40.2 Å². The minimum Gasteiger partial charge on any atom is -0.469 e. The van der Waals surface area contributed by atoms with Crippen LogP contribution >= 0.6 is 15.9 Å². The molecular weight excluding hydrogens is 244 g/mol. The van der Waals surface area contributed by atoms with Crippen molar-refractivity contribution < 1.29 is 9.53 Å². The number of halogens is 1. The van der Waals surface area contributed by atoms with Gasteiger partial charge in [0.25, 0.3) is 0 Å². The van der Waals surface area contributed by atoms with Crippen LogP contribution in [0, 0.1) is 0 Å². The number of methoxy groups -OCH3 is 1. The Hall–Kier alpha value is -1.09. The van der Waals surface area contributed by atoms with E-state index < -0.39 is 0 Å². The summed E-state index contributed by atoms with van der Waals surface area (Å²) in [4.78, 5) is 10.8. The predicted octanol–water partition coefficient (Wildman–Crippen LogP) is 3.03. The molecule has 3 heteroatoms. The summed E-state index contributed by atoms with van der Waals surface area (Å²) in [6.07, 6.45) is 3.99. The predicted molar refractivity (Wildman–Crippen MR) is 59.8 cm³/mol. The third-order valence-corrected chi connectivity index (χ3v) is 2.22. The van der Waals surface area contributed by atoms with Crippen LogP contribution in [0.5, 0.6) is 0 Å². The molecule has 1 rings (SSSR count). The van der Waals surface area contributed by atoms with Gasteiger partial charge in [0.15, 0.2) is 0 Å². The minimum atomic E-state index is -0.224. The van der Waals surface area contributed by atoms with E-state index in [4.69, 9.17) is 0 Å². The van der Waals surface area contributed by atoms with Crippen LogP contribution in [0.15, 0.2) is 34.8 Å². The Kier molecular flexibility index (Phi) is 4.40. The Morgan fingerprint density at radius 1 is 1.43 bits per heavy atom. The maximum absolute atomic E-state index is 10.8. The quantitative estimate of drug-likeness (QED) is 0.776. The number of carbonyl (C=O) groups is 1. The van der Waals surface area contributed by atoms with Crippen molar-refractivity contribution in [3.05, 3.63) is 40.4 Å². The highest BCUT2D eigenvalue weighted by atomic mass is 79.9. The average molecular weight is 255 g/mol. The molecule has 0 aliphatic carbocycles. The third kappa shape index (κ3) is 3.75. The highest BCUT2D eigenvalue weighted by molar-refractivity contribution is 9.10. The lowest BCUT2D eigenvalue weighted by molar-refractivity contribution is -0.139. The number of carbonyl (C=O) groups excluding carboxylic acids is 1. The van der Waals surface area contributed by atoms with Crippen molar-refractivity contribution in [1.82, 2.24) is 0 Å². The van der Waals surface area contributed by atoms with Crippen LogP contribution in [0.3, 0.4) is 0 Å². The van der Waals surface area contributed by atoms with Gasteiger partial charge in [-0.15, -0.1) is 0 Å². The van der Waals surface area contributed by atoms with E-state index in [0.29, 0.717) is 6.42 Å². The van der Waals surface area contributed by atoms with E-state index in [0.717, 1.165) is 10.0 Å². The molecule has 0 aliphatic heterocycles. The summed E-state index contributed by atoms with van der Waals surface area (Å²) in [5.41, 5.74) is 1.07. The minimum absolute atomic E-state index is 0.224. The molecule has 0 N–H and O–H groups in total. The van der Waals surface area contributed by atoms with Gasteiger partial charge in [-0.2, -0.15) is 0 Å². The van der Waals surface area contributed by atoms with Gasteiger partial charge in [0.2, 0.25) is 0 Å². The number of rotatable bonds is 3. The van der Waals surface area contributed by atoms with Crippen molar-refractivity contribution in [2.24, 2.45) is 0 Å². The molecule has 0 saturated heterocycles. The van der Waals surface area contributed by atoms with E-state index in [1.165, 1.54) is 7.11 Å². The largest absolute Gasteiger partial charge is 0.469 e. The van der Waals surface area contributed by atoms with Crippen molar-refractivity contribution in [3.8, 4) is 0 Å². The van der Waals surface area contributed by atoms with E-state index in [9.17, 15) is 4.79 Å². The second kappa shape index (κ2) is 5.60. The van der Waals surface area contributed by atoms with Crippen molar-refractivity contribution in [3.63, 3.8) is 0 Å². The van der Waals surface area contributed by atoms with Crippen LogP contribution < -0.4 is 0 Å². The number of benzene rings is 1. The van der Waals surface area contributed by atoms with Crippen LogP contribution in [0.25, 0.3) is 6.08 Å². The third-order valence-electron chi connectivity index (χ3n) is 1.69. The van der Waals surface area contributed by atoms with Gasteiger partial charge >= 0.3 is 5.97 Å². The molecule has 0 atom stereocenters. The highest BCUT2D eigenvalue weighted by Crippen LogP contribution is 2.11. The fraction of sp³-hybridized carbons (Fsp3) is 0.182. The monoisotopic (exact) mass is 254 g/mol. The summed E-state index contributed by atoms with van der Waals surface area (Å²) < 4.78 is 5.55. The topological polar surface area (TPSA) is 26.3 Å². The maximum Gasteiger partial charge on any atom is 0.309 e. The van der Waals surface area contributed by atoms with Gasteiger partial charge in [-0.3, -0.25) is 4.79 Å². The van der Waals surface area contributed by atoms with Gasteiger partial charge in [0, 0.05) is 4.47 Å². The zero-order chi connectivity index (χ0) is 10.4. The Bertz CT molecular complexity index is 328. The van der Waals surface area contributed by atoms with Gasteiger partial charge in [0.05, 0.1) is 13.5 Å². The van der Waals surface area contributed by atoms with E-state index in [2.05, 4.69) is 20.7 Å². The maximum atomic E-state index is 10.8. The van der Waals surface area contributed by atoms with Crippen LogP contribution in [0.2, 0.25) is 0 Å². The van der Waals surface area contributed by atoms with E-state index >= 15 is 0 Å². The van der Waals surface area contributed by atoms with Gasteiger partial charge in [-0.05, 0) is 17.7 Å². The van der Waals surface area contributed by atoms with Crippen LogP contribution in [-0.2, 0) is 9.53 Å². The number of ether oxygens (including phenoxy) is 1.